The number of benzene rings is 1. The maximum absolute atomic E-state index is 12.6. The van der Waals surface area contributed by atoms with Gasteiger partial charge >= 0.3 is 5.97 Å². The van der Waals surface area contributed by atoms with Gasteiger partial charge in [0.1, 0.15) is 6.07 Å². The van der Waals surface area contributed by atoms with Crippen molar-refractivity contribution in [1.82, 2.24) is 0 Å². The van der Waals surface area contributed by atoms with Crippen LogP contribution in [0.4, 0.5) is 8.78 Å². The number of nitriles is 1. The SMILES string of the molecule is COC(=O)c1cc(S)cc(C(F)F)c1C#N. The Labute approximate surface area is 96.0 Å². The molecule has 1 aromatic rings. The Bertz CT molecular complexity index is 469. The van der Waals surface area contributed by atoms with Crippen molar-refractivity contribution in [2.24, 2.45) is 0 Å². The van der Waals surface area contributed by atoms with E-state index in [2.05, 4.69) is 17.4 Å². The molecule has 0 unspecified atom stereocenters. The molecule has 1 rings (SSSR count). The molecule has 0 aromatic heterocycles. The quantitative estimate of drug-likeness (QED) is 0.641. The number of ether oxygens (including phenoxy) is 1. The van der Waals surface area contributed by atoms with Crippen molar-refractivity contribution < 1.29 is 18.3 Å². The smallest absolute Gasteiger partial charge is 0.339 e. The van der Waals surface area contributed by atoms with Gasteiger partial charge in [-0.15, -0.1) is 12.6 Å². The second-order valence-corrected chi connectivity index (χ2v) is 3.38. The van der Waals surface area contributed by atoms with Crippen LogP contribution < -0.4 is 0 Å². The minimum atomic E-state index is -2.84. The zero-order chi connectivity index (χ0) is 12.3. The number of esters is 1. The number of carbonyl (C=O) groups excluding carboxylic acids is 1. The van der Waals surface area contributed by atoms with Gasteiger partial charge in [0.05, 0.1) is 18.2 Å². The average molecular weight is 243 g/mol. The molecule has 0 heterocycles. The fourth-order valence-corrected chi connectivity index (χ4v) is 1.48. The predicted octanol–water partition coefficient (Wildman–Crippen LogP) is 2.57. The molecule has 1 aromatic carbocycles. The van der Waals surface area contributed by atoms with E-state index in [0.717, 1.165) is 13.2 Å². The van der Waals surface area contributed by atoms with E-state index in [1.165, 1.54) is 6.07 Å². The van der Waals surface area contributed by atoms with Crippen molar-refractivity contribution in [3.63, 3.8) is 0 Å². The van der Waals surface area contributed by atoms with Gasteiger partial charge < -0.3 is 4.74 Å². The third-order valence-electron chi connectivity index (χ3n) is 1.91. The summed E-state index contributed by atoms with van der Waals surface area (Å²) in [5.74, 6) is -0.839. The summed E-state index contributed by atoms with van der Waals surface area (Å²) in [6.07, 6.45) is -2.84. The molecule has 16 heavy (non-hydrogen) atoms. The first kappa shape index (κ1) is 12.5. The fraction of sp³-hybridized carbons (Fsp3) is 0.200. The van der Waals surface area contributed by atoms with Crippen molar-refractivity contribution in [3.8, 4) is 6.07 Å². The number of methoxy groups -OCH3 is 1. The molecule has 0 saturated carbocycles. The monoisotopic (exact) mass is 243 g/mol. The summed E-state index contributed by atoms with van der Waals surface area (Å²) in [6.45, 7) is 0. The van der Waals surface area contributed by atoms with Gasteiger partial charge in [-0.25, -0.2) is 13.6 Å². The number of hydrogen-bond donors (Lipinski definition) is 1. The summed E-state index contributed by atoms with van der Waals surface area (Å²) < 4.78 is 29.6. The van der Waals surface area contributed by atoms with Gasteiger partial charge in [0.2, 0.25) is 0 Å². The highest BCUT2D eigenvalue weighted by atomic mass is 32.1. The molecule has 0 amide bonds. The van der Waals surface area contributed by atoms with E-state index in [1.807, 2.05) is 0 Å². The highest BCUT2D eigenvalue weighted by molar-refractivity contribution is 7.80. The first-order valence-corrected chi connectivity index (χ1v) is 4.59. The maximum atomic E-state index is 12.6. The third kappa shape index (κ3) is 2.31. The Kier molecular flexibility index (Phi) is 3.85. The lowest BCUT2D eigenvalue weighted by Gasteiger charge is -2.08. The topological polar surface area (TPSA) is 50.1 Å². The largest absolute Gasteiger partial charge is 0.465 e. The molecular formula is C10H7F2NO2S. The summed E-state index contributed by atoms with van der Waals surface area (Å²) in [5.41, 5.74) is -1.09. The molecule has 0 atom stereocenters. The number of nitrogens with zero attached hydrogens (tertiary/aromatic N) is 1. The number of rotatable bonds is 2. The summed E-state index contributed by atoms with van der Waals surface area (Å²) in [5, 5.41) is 8.77. The normalized spacial score (nSPS) is 10.0. The van der Waals surface area contributed by atoms with E-state index in [1.54, 1.807) is 6.07 Å². The lowest BCUT2D eigenvalue weighted by atomic mass is 10.0. The van der Waals surface area contributed by atoms with E-state index < -0.39 is 18.0 Å². The van der Waals surface area contributed by atoms with Gasteiger partial charge in [-0.3, -0.25) is 0 Å². The number of thiol groups is 1. The molecular weight excluding hydrogens is 236 g/mol. The van der Waals surface area contributed by atoms with Crippen LogP contribution in [0.5, 0.6) is 0 Å². The molecule has 0 N–H and O–H groups in total. The standard InChI is InChI=1S/C10H7F2NO2S/c1-15-10(14)7-3-5(16)2-6(9(11)12)8(7)4-13/h2-3,9,16H,1H3. The Balaban J connectivity index is 3.50. The molecule has 0 aliphatic rings. The van der Waals surface area contributed by atoms with Crippen LogP contribution in [-0.2, 0) is 4.74 Å². The first-order valence-electron chi connectivity index (χ1n) is 4.14. The van der Waals surface area contributed by atoms with Crippen LogP contribution in [0, 0.1) is 11.3 Å². The predicted molar refractivity (Wildman–Crippen MR) is 54.7 cm³/mol. The highest BCUT2D eigenvalue weighted by Crippen LogP contribution is 2.28. The van der Waals surface area contributed by atoms with Crippen LogP contribution in [0.2, 0.25) is 0 Å². The zero-order valence-electron chi connectivity index (χ0n) is 8.20. The second kappa shape index (κ2) is 4.94. The van der Waals surface area contributed by atoms with Crippen LogP contribution >= 0.6 is 12.6 Å². The molecule has 0 fully saturated rings. The van der Waals surface area contributed by atoms with Crippen molar-refractivity contribution in [3.05, 3.63) is 28.8 Å². The molecule has 6 heteroatoms. The minimum Gasteiger partial charge on any atom is -0.465 e. The van der Waals surface area contributed by atoms with E-state index in [-0.39, 0.29) is 16.0 Å². The van der Waals surface area contributed by atoms with Crippen molar-refractivity contribution >= 4 is 18.6 Å². The molecule has 0 radical (unpaired) electrons. The highest BCUT2D eigenvalue weighted by Gasteiger charge is 2.21. The van der Waals surface area contributed by atoms with Gasteiger partial charge in [0.15, 0.2) is 0 Å². The van der Waals surface area contributed by atoms with Gasteiger partial charge in [-0.1, -0.05) is 0 Å². The molecule has 0 aliphatic heterocycles. The van der Waals surface area contributed by atoms with Crippen molar-refractivity contribution in [1.29, 1.82) is 5.26 Å². The number of carbonyl (C=O) groups is 1. The molecule has 3 nitrogen and oxygen atoms in total. The van der Waals surface area contributed by atoms with Crippen molar-refractivity contribution in [2.45, 2.75) is 11.3 Å². The van der Waals surface area contributed by atoms with Crippen LogP contribution in [0.3, 0.4) is 0 Å². The molecule has 0 bridgehead atoms. The minimum absolute atomic E-state index is 0.176. The Hall–Kier alpha value is -1.61. The second-order valence-electron chi connectivity index (χ2n) is 2.86. The van der Waals surface area contributed by atoms with Gasteiger partial charge in [-0.2, -0.15) is 5.26 Å². The number of alkyl halides is 2. The van der Waals surface area contributed by atoms with Crippen molar-refractivity contribution in [2.75, 3.05) is 7.11 Å². The summed E-state index contributed by atoms with van der Waals surface area (Å²) in [6, 6.07) is 3.85. The van der Waals surface area contributed by atoms with Crippen LogP contribution in [0.25, 0.3) is 0 Å². The van der Waals surface area contributed by atoms with E-state index in [4.69, 9.17) is 5.26 Å². The van der Waals surface area contributed by atoms with Gasteiger partial charge in [0.25, 0.3) is 6.43 Å². The third-order valence-corrected chi connectivity index (χ3v) is 2.16. The Morgan fingerprint density at radius 1 is 1.56 bits per heavy atom. The lowest BCUT2D eigenvalue weighted by molar-refractivity contribution is 0.0599. The summed E-state index contributed by atoms with van der Waals surface area (Å²) >= 11 is 3.89. The van der Waals surface area contributed by atoms with Gasteiger partial charge in [-0.05, 0) is 12.1 Å². The molecule has 0 aliphatic carbocycles. The van der Waals surface area contributed by atoms with Crippen LogP contribution in [0.1, 0.15) is 27.9 Å². The molecule has 0 spiro atoms. The molecule has 0 saturated heterocycles. The van der Waals surface area contributed by atoms with Crippen LogP contribution in [-0.4, -0.2) is 13.1 Å². The summed E-state index contributed by atoms with van der Waals surface area (Å²) in [7, 11) is 1.11. The average Bonchev–Trinajstić information content (AvgIpc) is 2.26. The Morgan fingerprint density at radius 2 is 2.19 bits per heavy atom. The van der Waals surface area contributed by atoms with E-state index in [9.17, 15) is 13.6 Å². The number of halogens is 2. The lowest BCUT2D eigenvalue weighted by Crippen LogP contribution is -2.07. The Morgan fingerprint density at radius 3 is 2.62 bits per heavy atom. The van der Waals surface area contributed by atoms with E-state index >= 15 is 0 Å². The van der Waals surface area contributed by atoms with Crippen LogP contribution in [0.15, 0.2) is 17.0 Å². The summed E-state index contributed by atoms with van der Waals surface area (Å²) in [4.78, 5) is 11.4. The zero-order valence-corrected chi connectivity index (χ0v) is 9.09. The first-order chi connectivity index (χ1) is 7.51. The maximum Gasteiger partial charge on any atom is 0.339 e. The molecule has 84 valence electrons. The van der Waals surface area contributed by atoms with Gasteiger partial charge in [0, 0.05) is 10.5 Å². The number of hydrogen-bond acceptors (Lipinski definition) is 4. The fourth-order valence-electron chi connectivity index (χ4n) is 1.22. The van der Waals surface area contributed by atoms with E-state index in [0.29, 0.717) is 0 Å².